The number of benzene rings is 2. The first-order chi connectivity index (χ1) is 9.49. The van der Waals surface area contributed by atoms with E-state index in [0.717, 1.165) is 10.0 Å². The zero-order valence-corrected chi connectivity index (χ0v) is 11.6. The molecule has 0 saturated carbocycles. The third kappa shape index (κ3) is 3.11. The highest BCUT2D eigenvalue weighted by Crippen LogP contribution is 2.27. The molecule has 0 unspecified atom stereocenters. The van der Waals surface area contributed by atoms with Crippen molar-refractivity contribution in [3.05, 3.63) is 68.2 Å². The zero-order chi connectivity index (χ0) is 14.7. The Morgan fingerprint density at radius 3 is 2.55 bits per heavy atom. The second-order valence-electron chi connectivity index (χ2n) is 3.87. The summed E-state index contributed by atoms with van der Waals surface area (Å²) < 4.78 is 32.9. The molecule has 0 aliphatic carbocycles. The molecule has 0 aromatic heterocycles. The van der Waals surface area contributed by atoms with Gasteiger partial charge in [0.2, 0.25) is 5.82 Å². The Morgan fingerprint density at radius 2 is 1.90 bits per heavy atom. The molecule has 2 aromatic rings. The molecule has 0 fully saturated rings. The molecule has 7 heteroatoms. The molecule has 104 valence electrons. The van der Waals surface area contributed by atoms with Gasteiger partial charge in [-0.1, -0.05) is 34.1 Å². The fraction of sp³-hybridized carbons (Fsp3) is 0.0769. The first kappa shape index (κ1) is 14.4. The number of nitrogens with zero attached hydrogens (tertiary/aromatic N) is 1. The van der Waals surface area contributed by atoms with Crippen LogP contribution in [0.4, 0.5) is 14.5 Å². The van der Waals surface area contributed by atoms with E-state index in [-0.39, 0.29) is 12.4 Å². The molecule has 0 aliphatic heterocycles. The van der Waals surface area contributed by atoms with Crippen LogP contribution < -0.4 is 4.74 Å². The van der Waals surface area contributed by atoms with Gasteiger partial charge in [0.1, 0.15) is 6.61 Å². The lowest BCUT2D eigenvalue weighted by Gasteiger charge is -2.09. The average molecular weight is 344 g/mol. The van der Waals surface area contributed by atoms with Gasteiger partial charge in [-0.25, -0.2) is 4.39 Å². The fourth-order valence-corrected chi connectivity index (χ4v) is 1.94. The predicted octanol–water partition coefficient (Wildman–Crippen LogP) is 4.21. The summed E-state index contributed by atoms with van der Waals surface area (Å²) in [4.78, 5) is 9.47. The minimum Gasteiger partial charge on any atom is -0.486 e. The van der Waals surface area contributed by atoms with Gasteiger partial charge in [0, 0.05) is 16.1 Å². The smallest absolute Gasteiger partial charge is 0.307 e. The second kappa shape index (κ2) is 5.96. The lowest BCUT2D eigenvalue weighted by Crippen LogP contribution is -2.01. The lowest BCUT2D eigenvalue weighted by atomic mass is 10.2. The fourth-order valence-electron chi connectivity index (χ4n) is 1.54. The molecular weight excluding hydrogens is 336 g/mol. The Bertz CT molecular complexity index is 664. The maximum Gasteiger partial charge on any atom is 0.307 e. The van der Waals surface area contributed by atoms with Gasteiger partial charge in [0.05, 0.1) is 11.0 Å². The van der Waals surface area contributed by atoms with Crippen LogP contribution >= 0.6 is 15.9 Å². The van der Waals surface area contributed by atoms with Crippen molar-refractivity contribution in [1.29, 1.82) is 0 Å². The van der Waals surface area contributed by atoms with Gasteiger partial charge in [-0.3, -0.25) is 10.1 Å². The van der Waals surface area contributed by atoms with Crippen molar-refractivity contribution in [3.8, 4) is 5.75 Å². The standard InChI is InChI=1S/C13H8BrF2NO3/c14-9-4-2-1-3-8(9)7-20-13-6-10(15)12(17(18)19)5-11(13)16/h1-6H,7H2. The Labute approximate surface area is 121 Å². The molecule has 4 nitrogen and oxygen atoms in total. The van der Waals surface area contributed by atoms with Crippen LogP contribution in [0.5, 0.6) is 5.75 Å². The summed E-state index contributed by atoms with van der Waals surface area (Å²) in [5.74, 6) is -2.49. The van der Waals surface area contributed by atoms with Crippen LogP contribution in [0.25, 0.3) is 0 Å². The van der Waals surface area contributed by atoms with Crippen molar-refractivity contribution in [2.24, 2.45) is 0 Å². The summed E-state index contributed by atoms with van der Waals surface area (Å²) in [5.41, 5.74) is -0.179. The van der Waals surface area contributed by atoms with E-state index < -0.39 is 22.2 Å². The first-order valence-corrected chi connectivity index (χ1v) is 6.28. The summed E-state index contributed by atoms with van der Waals surface area (Å²) in [7, 11) is 0. The molecule has 2 rings (SSSR count). The number of nitro benzene ring substituents is 1. The number of halogens is 3. The lowest BCUT2D eigenvalue weighted by molar-refractivity contribution is -0.387. The van der Waals surface area contributed by atoms with Crippen molar-refractivity contribution < 1.29 is 18.4 Å². The van der Waals surface area contributed by atoms with E-state index in [1.807, 2.05) is 0 Å². The topological polar surface area (TPSA) is 52.4 Å². The zero-order valence-electron chi connectivity index (χ0n) is 9.98. The summed E-state index contributed by atoms with van der Waals surface area (Å²) in [6.07, 6.45) is 0. The number of ether oxygens (including phenoxy) is 1. The van der Waals surface area contributed by atoms with Crippen molar-refractivity contribution in [1.82, 2.24) is 0 Å². The van der Waals surface area contributed by atoms with E-state index in [2.05, 4.69) is 15.9 Å². The Morgan fingerprint density at radius 1 is 1.20 bits per heavy atom. The molecule has 0 aliphatic rings. The third-order valence-electron chi connectivity index (χ3n) is 2.54. The average Bonchev–Trinajstić information content (AvgIpc) is 2.40. The van der Waals surface area contributed by atoms with E-state index in [9.17, 15) is 18.9 Å². The number of nitro groups is 1. The van der Waals surface area contributed by atoms with E-state index in [0.29, 0.717) is 12.1 Å². The molecular formula is C13H8BrF2NO3. The monoisotopic (exact) mass is 343 g/mol. The molecule has 0 N–H and O–H groups in total. The van der Waals surface area contributed by atoms with Gasteiger partial charge in [-0.05, 0) is 6.07 Å². The van der Waals surface area contributed by atoms with Crippen LogP contribution in [-0.2, 0) is 6.61 Å². The predicted molar refractivity (Wildman–Crippen MR) is 71.5 cm³/mol. The van der Waals surface area contributed by atoms with Crippen LogP contribution in [0.1, 0.15) is 5.56 Å². The maximum atomic E-state index is 13.6. The largest absolute Gasteiger partial charge is 0.486 e. The van der Waals surface area contributed by atoms with Crippen LogP contribution in [0.3, 0.4) is 0 Å². The van der Waals surface area contributed by atoms with Gasteiger partial charge < -0.3 is 4.74 Å². The number of rotatable bonds is 4. The van der Waals surface area contributed by atoms with Crippen molar-refractivity contribution in [2.75, 3.05) is 0 Å². The highest BCUT2D eigenvalue weighted by Gasteiger charge is 2.19. The van der Waals surface area contributed by atoms with E-state index in [1.54, 1.807) is 24.3 Å². The summed E-state index contributed by atoms with van der Waals surface area (Å²) in [6, 6.07) is 8.29. The minimum absolute atomic E-state index is 0.00952. The van der Waals surface area contributed by atoms with Crippen molar-refractivity contribution in [2.45, 2.75) is 6.61 Å². The van der Waals surface area contributed by atoms with Crippen LogP contribution in [0, 0.1) is 21.7 Å². The van der Waals surface area contributed by atoms with Crippen LogP contribution in [-0.4, -0.2) is 4.92 Å². The Balaban J connectivity index is 2.21. The van der Waals surface area contributed by atoms with Crippen molar-refractivity contribution >= 4 is 21.6 Å². The van der Waals surface area contributed by atoms with Crippen molar-refractivity contribution in [3.63, 3.8) is 0 Å². The van der Waals surface area contributed by atoms with E-state index in [1.165, 1.54) is 0 Å². The van der Waals surface area contributed by atoms with Gasteiger partial charge in [-0.2, -0.15) is 4.39 Å². The first-order valence-electron chi connectivity index (χ1n) is 5.48. The molecule has 0 amide bonds. The van der Waals surface area contributed by atoms with Gasteiger partial charge in [0.15, 0.2) is 11.6 Å². The van der Waals surface area contributed by atoms with E-state index >= 15 is 0 Å². The Kier molecular flexibility index (Phi) is 4.29. The molecule has 0 bridgehead atoms. The van der Waals surface area contributed by atoms with Gasteiger partial charge in [0.25, 0.3) is 0 Å². The third-order valence-corrected chi connectivity index (χ3v) is 3.31. The molecule has 0 heterocycles. The Hall–Kier alpha value is -2.02. The molecule has 20 heavy (non-hydrogen) atoms. The number of hydrogen-bond acceptors (Lipinski definition) is 3. The molecule has 0 saturated heterocycles. The quantitative estimate of drug-likeness (QED) is 0.617. The van der Waals surface area contributed by atoms with Crippen LogP contribution in [0.2, 0.25) is 0 Å². The molecule has 2 aromatic carbocycles. The van der Waals surface area contributed by atoms with Crippen LogP contribution in [0.15, 0.2) is 40.9 Å². The highest BCUT2D eigenvalue weighted by molar-refractivity contribution is 9.10. The maximum absolute atomic E-state index is 13.6. The highest BCUT2D eigenvalue weighted by atomic mass is 79.9. The minimum atomic E-state index is -1.14. The second-order valence-corrected chi connectivity index (χ2v) is 4.73. The van der Waals surface area contributed by atoms with Gasteiger partial charge >= 0.3 is 5.69 Å². The molecule has 0 atom stereocenters. The summed E-state index contributed by atoms with van der Waals surface area (Å²) >= 11 is 3.30. The summed E-state index contributed by atoms with van der Waals surface area (Å²) in [6.45, 7) is 0.00952. The molecule has 0 spiro atoms. The SMILES string of the molecule is O=[N+]([O-])c1cc(F)c(OCc2ccccc2Br)cc1F. The molecule has 0 radical (unpaired) electrons. The number of hydrogen-bond donors (Lipinski definition) is 0. The normalized spacial score (nSPS) is 10.3. The summed E-state index contributed by atoms with van der Waals surface area (Å²) in [5, 5.41) is 10.5. The van der Waals surface area contributed by atoms with E-state index in [4.69, 9.17) is 4.74 Å². The van der Waals surface area contributed by atoms with Gasteiger partial charge in [-0.15, -0.1) is 0 Å².